The third-order valence-electron chi connectivity index (χ3n) is 7.57. The van der Waals surface area contributed by atoms with Crippen LogP contribution in [-0.2, 0) is 67.7 Å². The number of anilines is 1. The van der Waals surface area contributed by atoms with Crippen LogP contribution in [-0.4, -0.2) is 106 Å². The standard InChI is InChI=1S/C20H30FN7O26P6/c1-7(15-9(29)2-12(48-15)28-6-23-14-16(28)24-19(22)25-18(14)31)49-57(38,39)53-60(44,45)54-58(40,41)50-10-3-13(27-4-8(21)17(30)26-20(27)32)47-11(10)5-46-56(36,37)52-59(42,43)51-55(33,34)35/h4,6-7,9-13,15,29H,2-3,5H2,1H3,(H,36,37)(H,38,39)(H,40,41)(H,42,43)(H,44,45)(H,26,30,32)(H2,33,34,35)(H3,22,24,25,31)/t7?,9-,10-,11+,12+,13+,15+/m0/s1. The van der Waals surface area contributed by atoms with E-state index in [-0.39, 0.29) is 29.7 Å². The van der Waals surface area contributed by atoms with Gasteiger partial charge < -0.3 is 54.6 Å². The third-order valence-corrected chi connectivity index (χ3v) is 15.8. The van der Waals surface area contributed by atoms with Crippen LogP contribution in [0.2, 0.25) is 0 Å². The second-order valence-corrected chi connectivity index (χ2v) is 21.0. The molecule has 5 heterocycles. The lowest BCUT2D eigenvalue weighted by molar-refractivity contribution is -0.0727. The minimum absolute atomic E-state index is 0.0719. The quantitative estimate of drug-likeness (QED) is 0.0666. The number of aromatic nitrogens is 6. The highest BCUT2D eigenvalue weighted by atomic mass is 31.3. The van der Waals surface area contributed by atoms with E-state index in [4.69, 9.17) is 34.0 Å². The van der Waals surface area contributed by atoms with Crippen molar-refractivity contribution >= 4 is 64.0 Å². The van der Waals surface area contributed by atoms with Gasteiger partial charge in [0.25, 0.3) is 11.1 Å². The van der Waals surface area contributed by atoms with Gasteiger partial charge >= 0.3 is 52.6 Å². The van der Waals surface area contributed by atoms with E-state index in [1.807, 2.05) is 0 Å². The van der Waals surface area contributed by atoms with Crippen LogP contribution in [0.3, 0.4) is 0 Å². The number of phosphoric acid groups is 6. The molecule has 0 bridgehead atoms. The molecule has 6 unspecified atom stereocenters. The zero-order chi connectivity index (χ0) is 45.0. The summed E-state index contributed by atoms with van der Waals surface area (Å²) in [5.74, 6) is -1.88. The predicted molar refractivity (Wildman–Crippen MR) is 184 cm³/mol. The number of nitrogens with two attached hydrogens (primary N) is 1. The first-order valence-electron chi connectivity index (χ1n) is 15.6. The molecule has 12 N–H and O–H groups in total. The van der Waals surface area contributed by atoms with Gasteiger partial charge in [0.15, 0.2) is 11.2 Å². The van der Waals surface area contributed by atoms with Crippen molar-refractivity contribution in [3.8, 4) is 0 Å². The minimum Gasteiger partial charge on any atom is -0.390 e. The Labute approximate surface area is 329 Å². The Balaban J connectivity index is 1.26. The molecule has 0 aliphatic carbocycles. The van der Waals surface area contributed by atoms with E-state index in [9.17, 15) is 75.7 Å². The van der Waals surface area contributed by atoms with Gasteiger partial charge in [-0.1, -0.05) is 0 Å². The van der Waals surface area contributed by atoms with Gasteiger partial charge in [0.2, 0.25) is 11.8 Å². The molecule has 338 valence electrons. The number of H-pyrrole nitrogens is 2. The van der Waals surface area contributed by atoms with Crippen molar-refractivity contribution in [3.63, 3.8) is 0 Å². The summed E-state index contributed by atoms with van der Waals surface area (Å²) in [5.41, 5.74) is 1.73. The highest BCUT2D eigenvalue weighted by Crippen LogP contribution is 2.69. The van der Waals surface area contributed by atoms with Crippen LogP contribution in [0, 0.1) is 5.82 Å². The summed E-state index contributed by atoms with van der Waals surface area (Å²) in [7, 11) is -36.1. The van der Waals surface area contributed by atoms with E-state index < -0.39 is 126 Å². The second-order valence-electron chi connectivity index (χ2n) is 12.1. The molecular weight excluding hydrogens is 959 g/mol. The number of ether oxygens (including phenoxy) is 2. The molecule has 0 radical (unpaired) electrons. The lowest BCUT2D eigenvalue weighted by Gasteiger charge is -2.26. The van der Waals surface area contributed by atoms with Gasteiger partial charge in [0.05, 0.1) is 31.3 Å². The summed E-state index contributed by atoms with van der Waals surface area (Å²) in [5, 5.41) is 10.6. The number of imidazole rings is 1. The first-order valence-corrected chi connectivity index (χ1v) is 24.6. The average molecular weight is 989 g/mol. The van der Waals surface area contributed by atoms with E-state index in [1.165, 1.54) is 9.55 Å². The number of nitrogens with zero attached hydrogens (tertiary/aromatic N) is 4. The van der Waals surface area contributed by atoms with Crippen molar-refractivity contribution < 1.29 is 111 Å². The number of aliphatic hydroxyl groups excluding tert-OH is 1. The average Bonchev–Trinajstić information content (AvgIpc) is 3.75. The van der Waals surface area contributed by atoms with Gasteiger partial charge in [0.1, 0.15) is 30.8 Å². The number of nitrogens with one attached hydrogen (secondary N) is 2. The van der Waals surface area contributed by atoms with E-state index >= 15 is 0 Å². The molecule has 2 saturated heterocycles. The number of nitrogen functional groups attached to an aromatic ring is 1. The fourth-order valence-corrected chi connectivity index (χ4v) is 12.4. The summed E-state index contributed by atoms with van der Waals surface area (Å²) in [6, 6.07) is 0. The van der Waals surface area contributed by atoms with E-state index in [0.717, 1.165) is 13.3 Å². The molecule has 0 amide bonds. The van der Waals surface area contributed by atoms with Gasteiger partial charge in [-0.05, 0) is 6.92 Å². The van der Waals surface area contributed by atoms with Crippen molar-refractivity contribution in [1.82, 2.24) is 29.1 Å². The zero-order valence-corrected chi connectivity index (χ0v) is 34.5. The van der Waals surface area contributed by atoms with Crippen LogP contribution in [0.5, 0.6) is 0 Å². The fourth-order valence-electron chi connectivity index (χ4n) is 5.46. The Bertz CT molecular complexity index is 2600. The van der Waals surface area contributed by atoms with Gasteiger partial charge in [-0.3, -0.25) is 42.3 Å². The molecule has 60 heavy (non-hydrogen) atoms. The van der Waals surface area contributed by atoms with Crippen molar-refractivity contribution in [2.75, 3.05) is 12.3 Å². The smallest absolute Gasteiger partial charge is 0.390 e. The Hall–Kier alpha value is -2.54. The Morgan fingerprint density at radius 3 is 2.10 bits per heavy atom. The maximum atomic E-state index is 14.0. The van der Waals surface area contributed by atoms with Crippen LogP contribution < -0.4 is 22.5 Å². The molecule has 3 aromatic heterocycles. The lowest BCUT2D eigenvalue weighted by atomic mass is 10.1. The molecule has 2 fully saturated rings. The molecule has 12 atom stereocenters. The summed E-state index contributed by atoms with van der Waals surface area (Å²) in [4.78, 5) is 115. The number of fused-ring (bicyclic) bond motifs is 1. The summed E-state index contributed by atoms with van der Waals surface area (Å²) in [6.45, 7) is -0.455. The molecule has 33 nitrogen and oxygen atoms in total. The number of hydrogen-bond donors (Lipinski definition) is 11. The van der Waals surface area contributed by atoms with Gasteiger partial charge in [0, 0.05) is 12.8 Å². The molecule has 0 aromatic carbocycles. The number of aromatic amines is 2. The highest BCUT2D eigenvalue weighted by molar-refractivity contribution is 7.67. The first-order chi connectivity index (χ1) is 27.3. The highest BCUT2D eigenvalue weighted by Gasteiger charge is 2.50. The Morgan fingerprint density at radius 2 is 1.45 bits per heavy atom. The molecule has 5 rings (SSSR count). The normalized spacial score (nSPS) is 28.0. The summed E-state index contributed by atoms with van der Waals surface area (Å²) >= 11 is 0. The molecule has 0 spiro atoms. The number of phosphoric ester groups is 3. The van der Waals surface area contributed by atoms with Gasteiger partial charge in [-0.2, -0.15) is 26.6 Å². The van der Waals surface area contributed by atoms with Crippen LogP contribution in [0.25, 0.3) is 11.2 Å². The monoisotopic (exact) mass is 989 g/mol. The van der Waals surface area contributed by atoms with Crippen molar-refractivity contribution in [3.05, 3.63) is 49.5 Å². The van der Waals surface area contributed by atoms with Crippen LogP contribution in [0.1, 0.15) is 32.2 Å². The Kier molecular flexibility index (Phi) is 14.2. The molecule has 2 aliphatic heterocycles. The van der Waals surface area contributed by atoms with Crippen LogP contribution >= 0.6 is 46.9 Å². The third kappa shape index (κ3) is 12.6. The minimum atomic E-state index is -6.28. The van der Waals surface area contributed by atoms with Crippen LogP contribution in [0.4, 0.5) is 10.3 Å². The SMILES string of the molecule is CC(OP(=O)(O)OP(=O)(O)OP(=O)(O)O[C@H]1C[C@H](n2cc(F)c(=O)[nH]c2=O)O[C@@H]1COP(=O)(O)OP(=O)(O)OP(=O)(O)O)[C@H]1O[C@@H](n2cnc3c(=O)[nH]c(N)nc32)C[C@@H]1O. The summed E-state index contributed by atoms with van der Waals surface area (Å²) < 4.78 is 129. The Morgan fingerprint density at radius 1 is 0.850 bits per heavy atom. The van der Waals surface area contributed by atoms with Crippen molar-refractivity contribution in [1.29, 1.82) is 0 Å². The largest absolute Gasteiger partial charge is 0.490 e. The predicted octanol–water partition coefficient (Wildman–Crippen LogP) is -1.20. The first kappa shape index (κ1) is 48.5. The van der Waals surface area contributed by atoms with Gasteiger partial charge in [-0.25, -0.2) is 37.2 Å². The number of halogens is 1. The van der Waals surface area contributed by atoms with Crippen molar-refractivity contribution in [2.45, 2.75) is 62.7 Å². The maximum Gasteiger partial charge on any atom is 0.490 e. The lowest BCUT2D eigenvalue weighted by Crippen LogP contribution is -2.34. The van der Waals surface area contributed by atoms with E-state index in [0.29, 0.717) is 4.57 Å². The molecule has 0 saturated carbocycles. The molecule has 2 aliphatic rings. The number of hydrogen-bond acceptors (Lipinski definition) is 22. The summed E-state index contributed by atoms with van der Waals surface area (Å²) in [6.07, 6.45) is -11.8. The van der Waals surface area contributed by atoms with Gasteiger partial charge in [-0.15, -0.1) is 0 Å². The van der Waals surface area contributed by atoms with Crippen molar-refractivity contribution in [2.24, 2.45) is 0 Å². The van der Waals surface area contributed by atoms with E-state index in [1.54, 1.807) is 0 Å². The fraction of sp³-hybridized carbons (Fsp3) is 0.550. The molecular formula is C20H30FN7O26P6. The maximum absolute atomic E-state index is 14.0. The molecule has 40 heteroatoms. The number of aliphatic hydroxyl groups is 1. The number of rotatable bonds is 18. The zero-order valence-electron chi connectivity index (χ0n) is 29.2. The topological polar surface area (TPSA) is 492 Å². The second kappa shape index (κ2) is 17.6. The molecule has 3 aromatic rings. The van der Waals surface area contributed by atoms with E-state index in [2.05, 4.69) is 36.7 Å². The van der Waals surface area contributed by atoms with Crippen LogP contribution in [0.15, 0.2) is 26.9 Å².